The number of benzene rings is 4. The number of pyridine rings is 1. The minimum absolute atomic E-state index is 0.00618. The highest BCUT2D eigenvalue weighted by Gasteiger charge is 2.36. The fourth-order valence-electron chi connectivity index (χ4n) is 6.32. The Labute approximate surface area is 220 Å². The van der Waals surface area contributed by atoms with E-state index in [1.54, 1.807) is 6.26 Å². The molecule has 4 nitrogen and oxygen atoms in total. The second-order valence-corrected chi connectivity index (χ2v) is 9.99. The zero-order valence-electron chi connectivity index (χ0n) is 21.2. The maximum atomic E-state index is 13.0. The van der Waals surface area contributed by atoms with Gasteiger partial charge in [-0.25, -0.2) is 9.78 Å². The maximum Gasteiger partial charge on any atom is 0.357 e. The van der Waals surface area contributed by atoms with Crippen LogP contribution in [0.1, 0.15) is 58.2 Å². The summed E-state index contributed by atoms with van der Waals surface area (Å²) >= 11 is 0. The van der Waals surface area contributed by atoms with Crippen LogP contribution < -0.4 is 0 Å². The number of furan rings is 1. The third-order valence-electron chi connectivity index (χ3n) is 7.98. The van der Waals surface area contributed by atoms with Crippen molar-refractivity contribution in [1.82, 2.24) is 4.98 Å². The zero-order chi connectivity index (χ0) is 25.6. The molecule has 0 saturated heterocycles. The summed E-state index contributed by atoms with van der Waals surface area (Å²) in [6, 6.07) is 31.7. The third kappa shape index (κ3) is 3.59. The smallest absolute Gasteiger partial charge is 0.357 e. The van der Waals surface area contributed by atoms with Crippen molar-refractivity contribution in [2.24, 2.45) is 0 Å². The van der Waals surface area contributed by atoms with E-state index in [9.17, 15) is 4.79 Å². The van der Waals surface area contributed by atoms with Crippen LogP contribution in [0.3, 0.4) is 0 Å². The highest BCUT2D eigenvalue weighted by Crippen LogP contribution is 2.48. The van der Waals surface area contributed by atoms with Gasteiger partial charge < -0.3 is 9.15 Å². The van der Waals surface area contributed by atoms with Crippen molar-refractivity contribution in [3.05, 3.63) is 126 Å². The maximum absolute atomic E-state index is 13.0. The fraction of sp³-hybridized carbons (Fsp3) is 0.176. The molecular formula is C34H27NO3. The van der Waals surface area contributed by atoms with E-state index in [1.807, 2.05) is 37.3 Å². The quantitative estimate of drug-likeness (QED) is 0.182. The number of esters is 1. The van der Waals surface area contributed by atoms with Gasteiger partial charge >= 0.3 is 5.97 Å². The Morgan fingerprint density at radius 2 is 1.66 bits per heavy atom. The van der Waals surface area contributed by atoms with Crippen LogP contribution in [-0.4, -0.2) is 17.6 Å². The largest absolute Gasteiger partial charge is 0.469 e. The Bertz CT molecular complexity index is 1820. The van der Waals surface area contributed by atoms with Crippen LogP contribution in [0.4, 0.5) is 0 Å². The number of carbonyl (C=O) groups is 1. The molecule has 0 bridgehead atoms. The summed E-state index contributed by atoms with van der Waals surface area (Å²) in [5.41, 5.74) is 3.93. The molecule has 2 aromatic heterocycles. The van der Waals surface area contributed by atoms with Crippen molar-refractivity contribution in [3.63, 3.8) is 0 Å². The van der Waals surface area contributed by atoms with Crippen molar-refractivity contribution in [2.45, 2.75) is 31.6 Å². The molecule has 0 amide bonds. The second kappa shape index (κ2) is 9.14. The highest BCUT2D eigenvalue weighted by atomic mass is 16.5. The van der Waals surface area contributed by atoms with Gasteiger partial charge in [-0.2, -0.15) is 0 Å². The lowest BCUT2D eigenvalue weighted by Gasteiger charge is -2.33. The van der Waals surface area contributed by atoms with Gasteiger partial charge in [0.2, 0.25) is 0 Å². The van der Waals surface area contributed by atoms with Gasteiger partial charge in [-0.15, -0.1) is 0 Å². The van der Waals surface area contributed by atoms with E-state index in [2.05, 4.69) is 60.7 Å². The second-order valence-electron chi connectivity index (χ2n) is 9.99. The number of carbonyl (C=O) groups excluding carboxylic acids is 1. The molecule has 1 aliphatic carbocycles. The molecule has 38 heavy (non-hydrogen) atoms. The van der Waals surface area contributed by atoms with E-state index in [-0.39, 0.29) is 17.8 Å². The lowest BCUT2D eigenvalue weighted by molar-refractivity contribution is 0.0521. The molecule has 2 heterocycles. The van der Waals surface area contributed by atoms with Crippen molar-refractivity contribution in [3.8, 4) is 0 Å². The number of aromatic nitrogens is 1. The summed E-state index contributed by atoms with van der Waals surface area (Å²) in [6.45, 7) is 2.13. The first kappa shape index (κ1) is 22.7. The molecule has 0 aliphatic heterocycles. The molecule has 1 aliphatic rings. The Balaban J connectivity index is 1.43. The first-order valence-electron chi connectivity index (χ1n) is 13.3. The number of ether oxygens (including phenoxy) is 1. The molecule has 7 rings (SSSR count). The van der Waals surface area contributed by atoms with E-state index in [4.69, 9.17) is 14.1 Å². The van der Waals surface area contributed by atoms with Crippen LogP contribution in [0.15, 0.2) is 102 Å². The van der Waals surface area contributed by atoms with E-state index in [1.165, 1.54) is 32.7 Å². The van der Waals surface area contributed by atoms with Gasteiger partial charge in [-0.3, -0.25) is 0 Å². The normalized spacial score (nSPS) is 17.1. The predicted molar refractivity (Wildman–Crippen MR) is 151 cm³/mol. The molecule has 4 aromatic carbocycles. The van der Waals surface area contributed by atoms with Gasteiger partial charge in [-0.05, 0) is 76.0 Å². The lowest BCUT2D eigenvalue weighted by atomic mass is 9.71. The van der Waals surface area contributed by atoms with Crippen molar-refractivity contribution >= 4 is 38.3 Å². The summed E-state index contributed by atoms with van der Waals surface area (Å²) in [4.78, 5) is 17.9. The van der Waals surface area contributed by atoms with Crippen LogP contribution >= 0.6 is 0 Å². The Morgan fingerprint density at radius 3 is 2.47 bits per heavy atom. The summed E-state index contributed by atoms with van der Waals surface area (Å²) in [7, 11) is 0. The van der Waals surface area contributed by atoms with Gasteiger partial charge in [-0.1, -0.05) is 72.8 Å². The molecule has 0 spiro atoms. The molecule has 4 heteroatoms. The standard InChI is InChI=1S/C34H27NO3/c1-2-37-34(36)33-24-11-6-4-9-22(24)20-30(35-33)29-18-16-27-26-14-13-21-8-3-5-10-23(21)25(26)15-17-28(27)32(29)31-12-7-19-38-31/h3-15,17,19-20,29,32H,2,16,18H2,1H3. The van der Waals surface area contributed by atoms with Crippen LogP contribution in [0.2, 0.25) is 0 Å². The summed E-state index contributed by atoms with van der Waals surface area (Å²) in [5.74, 6) is 0.593. The number of aryl methyl sites for hydroxylation is 1. The average molecular weight is 498 g/mol. The SMILES string of the molecule is CCOC(=O)c1nc(C2CCc3c(ccc4c3ccc3ccccc34)C2c2ccco2)cc2ccccc12. The summed E-state index contributed by atoms with van der Waals surface area (Å²) in [6.07, 6.45) is 3.57. The summed E-state index contributed by atoms with van der Waals surface area (Å²) < 4.78 is 11.4. The topological polar surface area (TPSA) is 52.3 Å². The number of rotatable bonds is 4. The predicted octanol–water partition coefficient (Wildman–Crippen LogP) is 8.17. The van der Waals surface area contributed by atoms with Crippen molar-refractivity contribution < 1.29 is 13.9 Å². The molecule has 0 fully saturated rings. The minimum Gasteiger partial charge on any atom is -0.469 e. The van der Waals surface area contributed by atoms with Gasteiger partial charge in [0.1, 0.15) is 5.76 Å². The molecule has 0 saturated carbocycles. The molecule has 0 radical (unpaired) electrons. The molecule has 6 aromatic rings. The number of hydrogen-bond acceptors (Lipinski definition) is 4. The molecule has 2 atom stereocenters. The van der Waals surface area contributed by atoms with Crippen molar-refractivity contribution in [2.75, 3.05) is 6.61 Å². The minimum atomic E-state index is -0.380. The highest BCUT2D eigenvalue weighted by molar-refractivity contribution is 6.09. The first-order valence-corrected chi connectivity index (χ1v) is 13.3. The number of nitrogens with zero attached hydrogens (tertiary/aromatic N) is 1. The molecular weight excluding hydrogens is 470 g/mol. The van der Waals surface area contributed by atoms with Gasteiger partial charge in [0.15, 0.2) is 5.69 Å². The van der Waals surface area contributed by atoms with Crippen LogP contribution in [0.25, 0.3) is 32.3 Å². The Hall–Kier alpha value is -4.44. The molecule has 186 valence electrons. The van der Waals surface area contributed by atoms with Crippen LogP contribution in [-0.2, 0) is 11.2 Å². The monoisotopic (exact) mass is 497 g/mol. The Kier molecular flexibility index (Phi) is 5.47. The average Bonchev–Trinajstić information content (AvgIpc) is 3.50. The Morgan fingerprint density at radius 1 is 0.868 bits per heavy atom. The lowest BCUT2D eigenvalue weighted by Crippen LogP contribution is -2.22. The van der Waals surface area contributed by atoms with Gasteiger partial charge in [0.25, 0.3) is 0 Å². The number of fused-ring (bicyclic) bond motifs is 6. The number of hydrogen-bond donors (Lipinski definition) is 0. The summed E-state index contributed by atoms with van der Waals surface area (Å²) in [5, 5.41) is 6.93. The van der Waals surface area contributed by atoms with Crippen LogP contribution in [0.5, 0.6) is 0 Å². The van der Waals surface area contributed by atoms with Gasteiger partial charge in [0, 0.05) is 17.0 Å². The van der Waals surface area contributed by atoms with Gasteiger partial charge in [0.05, 0.1) is 18.8 Å². The molecule has 0 N–H and O–H groups in total. The van der Waals surface area contributed by atoms with Crippen molar-refractivity contribution in [1.29, 1.82) is 0 Å². The van der Waals surface area contributed by atoms with E-state index >= 15 is 0 Å². The third-order valence-corrected chi connectivity index (χ3v) is 7.98. The molecule has 2 unspecified atom stereocenters. The van der Waals surface area contributed by atoms with E-state index in [0.29, 0.717) is 12.3 Å². The first-order chi connectivity index (χ1) is 18.7. The zero-order valence-corrected chi connectivity index (χ0v) is 21.2. The van der Waals surface area contributed by atoms with E-state index in [0.717, 1.165) is 35.1 Å². The van der Waals surface area contributed by atoms with Crippen LogP contribution in [0, 0.1) is 0 Å². The fourth-order valence-corrected chi connectivity index (χ4v) is 6.32. The van der Waals surface area contributed by atoms with E-state index < -0.39 is 0 Å².